The van der Waals surface area contributed by atoms with Gasteiger partial charge < -0.3 is 9.47 Å². The van der Waals surface area contributed by atoms with Gasteiger partial charge in [-0.1, -0.05) is 46.0 Å². The van der Waals surface area contributed by atoms with Crippen LogP contribution in [-0.4, -0.2) is 30.4 Å². The van der Waals surface area contributed by atoms with Crippen LogP contribution >= 0.6 is 11.6 Å². The van der Waals surface area contributed by atoms with E-state index in [1.54, 1.807) is 0 Å². The fraction of sp³-hybridized carbons (Fsp3) is 0.864. The lowest BCUT2D eigenvalue weighted by Crippen LogP contribution is -2.17. The van der Waals surface area contributed by atoms with Gasteiger partial charge in [0.15, 0.2) is 0 Å². The Morgan fingerprint density at radius 2 is 1.46 bits per heavy atom. The molecule has 0 aromatic rings. The maximum absolute atomic E-state index is 11.7. The number of hydrogen-bond acceptors (Lipinski definition) is 5. The SMILES string of the molecule is CCCCCC(CCCC(CCCCC(C)CC(=O)OC)C(=O)Cl)OC(C)=O. The van der Waals surface area contributed by atoms with Crippen LogP contribution in [0.5, 0.6) is 0 Å². The van der Waals surface area contributed by atoms with Crippen LogP contribution in [0.25, 0.3) is 0 Å². The van der Waals surface area contributed by atoms with Gasteiger partial charge in [-0.2, -0.15) is 0 Å². The molecule has 5 nitrogen and oxygen atoms in total. The lowest BCUT2D eigenvalue weighted by molar-refractivity contribution is -0.147. The topological polar surface area (TPSA) is 69.7 Å². The largest absolute Gasteiger partial charge is 0.469 e. The van der Waals surface area contributed by atoms with Crippen molar-refractivity contribution in [2.24, 2.45) is 11.8 Å². The molecule has 0 heterocycles. The van der Waals surface area contributed by atoms with Crippen LogP contribution in [0.1, 0.15) is 97.8 Å². The zero-order valence-corrected chi connectivity index (χ0v) is 18.9. The summed E-state index contributed by atoms with van der Waals surface area (Å²) in [5.41, 5.74) is 0. The number of carbonyl (C=O) groups excluding carboxylic acids is 3. The normalized spacial score (nSPS) is 14.2. The van der Waals surface area contributed by atoms with Crippen molar-refractivity contribution in [3.63, 3.8) is 0 Å². The lowest BCUT2D eigenvalue weighted by Gasteiger charge is -2.18. The predicted octanol–water partition coefficient (Wildman–Crippen LogP) is 5.81. The number of unbranched alkanes of at least 4 members (excludes halogenated alkanes) is 3. The molecule has 0 spiro atoms. The van der Waals surface area contributed by atoms with Crippen molar-refractivity contribution in [3.05, 3.63) is 0 Å². The van der Waals surface area contributed by atoms with Crippen LogP contribution < -0.4 is 0 Å². The Balaban J connectivity index is 4.19. The first-order valence-electron chi connectivity index (χ1n) is 10.7. The molecular formula is C22H39ClO5. The van der Waals surface area contributed by atoms with E-state index in [1.807, 2.05) is 6.92 Å². The number of esters is 2. The van der Waals surface area contributed by atoms with Gasteiger partial charge in [-0.05, 0) is 56.0 Å². The molecule has 0 aliphatic carbocycles. The van der Waals surface area contributed by atoms with Crippen molar-refractivity contribution in [2.45, 2.75) is 104 Å². The maximum Gasteiger partial charge on any atom is 0.305 e. The summed E-state index contributed by atoms with van der Waals surface area (Å²) in [6, 6.07) is 0. The second-order valence-electron chi connectivity index (χ2n) is 7.83. The van der Waals surface area contributed by atoms with Crippen molar-refractivity contribution in [2.75, 3.05) is 7.11 Å². The number of ether oxygens (including phenoxy) is 2. The number of hydrogen-bond donors (Lipinski definition) is 0. The first kappa shape index (κ1) is 26.9. The first-order chi connectivity index (χ1) is 13.3. The number of halogens is 1. The van der Waals surface area contributed by atoms with Crippen molar-refractivity contribution in [3.8, 4) is 0 Å². The lowest BCUT2D eigenvalue weighted by atomic mass is 9.93. The molecule has 0 aliphatic heterocycles. The van der Waals surface area contributed by atoms with Crippen LogP contribution in [0.15, 0.2) is 0 Å². The molecule has 0 rings (SSSR count). The second-order valence-corrected chi connectivity index (χ2v) is 8.20. The highest BCUT2D eigenvalue weighted by Crippen LogP contribution is 2.23. The molecule has 28 heavy (non-hydrogen) atoms. The molecule has 164 valence electrons. The van der Waals surface area contributed by atoms with Crippen molar-refractivity contribution < 1.29 is 23.9 Å². The zero-order chi connectivity index (χ0) is 21.4. The Bertz CT molecular complexity index is 452. The molecule has 3 atom stereocenters. The molecule has 0 saturated carbocycles. The second kappa shape index (κ2) is 16.8. The number of rotatable bonds is 17. The molecule has 3 unspecified atom stereocenters. The van der Waals surface area contributed by atoms with Gasteiger partial charge in [0.1, 0.15) is 6.10 Å². The fourth-order valence-electron chi connectivity index (χ4n) is 3.44. The molecule has 0 fully saturated rings. The summed E-state index contributed by atoms with van der Waals surface area (Å²) in [6.07, 6.45) is 10.5. The Labute approximate surface area is 175 Å². The van der Waals surface area contributed by atoms with Gasteiger partial charge in [-0.15, -0.1) is 0 Å². The molecular weight excluding hydrogens is 380 g/mol. The van der Waals surface area contributed by atoms with Crippen LogP contribution in [0.3, 0.4) is 0 Å². The highest BCUT2D eigenvalue weighted by molar-refractivity contribution is 6.63. The summed E-state index contributed by atoms with van der Waals surface area (Å²) < 4.78 is 10.1. The standard InChI is InChI=1S/C22H39ClO5/c1-5-6-7-14-20(28-18(3)24)15-10-13-19(22(23)26)12-9-8-11-17(2)16-21(25)27-4/h17,19-20H,5-16H2,1-4H3. The smallest absolute Gasteiger partial charge is 0.305 e. The molecule has 0 bridgehead atoms. The molecule has 0 amide bonds. The monoisotopic (exact) mass is 418 g/mol. The molecule has 6 heteroatoms. The van der Waals surface area contributed by atoms with E-state index in [1.165, 1.54) is 14.0 Å². The summed E-state index contributed by atoms with van der Waals surface area (Å²) in [5, 5.41) is -0.280. The Morgan fingerprint density at radius 1 is 0.893 bits per heavy atom. The predicted molar refractivity (Wildman–Crippen MR) is 112 cm³/mol. The fourth-order valence-corrected chi connectivity index (χ4v) is 3.65. The number of methoxy groups -OCH3 is 1. The van der Waals surface area contributed by atoms with E-state index >= 15 is 0 Å². The van der Waals surface area contributed by atoms with Crippen LogP contribution in [0.2, 0.25) is 0 Å². The maximum atomic E-state index is 11.7. The van der Waals surface area contributed by atoms with E-state index in [4.69, 9.17) is 16.3 Å². The summed E-state index contributed by atoms with van der Waals surface area (Å²) in [5.74, 6) is -0.286. The molecule has 0 aromatic heterocycles. The van der Waals surface area contributed by atoms with Crippen LogP contribution in [0, 0.1) is 11.8 Å². The quantitative estimate of drug-likeness (QED) is 0.169. The minimum absolute atomic E-state index is 0.0608. The van der Waals surface area contributed by atoms with E-state index in [0.717, 1.165) is 70.6 Å². The van der Waals surface area contributed by atoms with E-state index < -0.39 is 0 Å². The molecule has 0 aliphatic rings. The third-order valence-electron chi connectivity index (χ3n) is 5.10. The van der Waals surface area contributed by atoms with Gasteiger partial charge in [0.25, 0.3) is 0 Å². The van der Waals surface area contributed by atoms with Crippen molar-refractivity contribution in [1.82, 2.24) is 0 Å². The van der Waals surface area contributed by atoms with E-state index in [-0.39, 0.29) is 35.1 Å². The van der Waals surface area contributed by atoms with Gasteiger partial charge in [-0.25, -0.2) is 0 Å². The molecule has 0 saturated heterocycles. The number of carbonyl (C=O) groups is 3. The third-order valence-corrected chi connectivity index (χ3v) is 5.41. The summed E-state index contributed by atoms with van der Waals surface area (Å²) in [4.78, 5) is 34.3. The third kappa shape index (κ3) is 14.9. The molecule has 0 N–H and O–H groups in total. The minimum atomic E-state index is -0.280. The van der Waals surface area contributed by atoms with Gasteiger partial charge in [0.2, 0.25) is 5.24 Å². The minimum Gasteiger partial charge on any atom is -0.469 e. The molecule has 0 aromatic carbocycles. The average Bonchev–Trinajstić information content (AvgIpc) is 2.62. The van der Waals surface area contributed by atoms with Crippen LogP contribution in [-0.2, 0) is 23.9 Å². The Hall–Kier alpha value is -1.10. The van der Waals surface area contributed by atoms with E-state index in [0.29, 0.717) is 6.42 Å². The van der Waals surface area contributed by atoms with E-state index in [9.17, 15) is 14.4 Å². The first-order valence-corrected chi connectivity index (χ1v) is 11.1. The van der Waals surface area contributed by atoms with Crippen molar-refractivity contribution >= 4 is 28.8 Å². The van der Waals surface area contributed by atoms with Gasteiger partial charge >= 0.3 is 11.9 Å². The molecule has 0 radical (unpaired) electrons. The van der Waals surface area contributed by atoms with Gasteiger partial charge in [-0.3, -0.25) is 14.4 Å². The summed E-state index contributed by atoms with van der Waals surface area (Å²) >= 11 is 5.79. The average molecular weight is 419 g/mol. The van der Waals surface area contributed by atoms with E-state index in [2.05, 4.69) is 11.7 Å². The Kier molecular flexibility index (Phi) is 16.2. The highest BCUT2D eigenvalue weighted by atomic mass is 35.5. The highest BCUT2D eigenvalue weighted by Gasteiger charge is 2.18. The van der Waals surface area contributed by atoms with Crippen LogP contribution in [0.4, 0.5) is 0 Å². The Morgan fingerprint density at radius 3 is 2.04 bits per heavy atom. The summed E-state index contributed by atoms with van der Waals surface area (Å²) in [6.45, 7) is 5.63. The zero-order valence-electron chi connectivity index (χ0n) is 18.1. The van der Waals surface area contributed by atoms with Crippen molar-refractivity contribution in [1.29, 1.82) is 0 Å². The van der Waals surface area contributed by atoms with Gasteiger partial charge in [0.05, 0.1) is 7.11 Å². The summed E-state index contributed by atoms with van der Waals surface area (Å²) in [7, 11) is 1.40. The van der Waals surface area contributed by atoms with Gasteiger partial charge in [0, 0.05) is 19.3 Å².